The summed E-state index contributed by atoms with van der Waals surface area (Å²) in [6.45, 7) is 7.16. The number of hydrogen-bond acceptors (Lipinski definition) is 5. The second kappa shape index (κ2) is 6.61. The number of piperidine rings is 1. The molecular weight excluding hydrogens is 360 g/mol. The number of likely N-dealkylation sites (tertiary alicyclic amines) is 1. The predicted molar refractivity (Wildman–Crippen MR) is 102 cm³/mol. The van der Waals surface area contributed by atoms with Crippen LogP contribution in [0.2, 0.25) is 0 Å². The van der Waals surface area contributed by atoms with Gasteiger partial charge in [0.15, 0.2) is 11.5 Å². The molecule has 1 aromatic carbocycles. The Morgan fingerprint density at radius 1 is 1.29 bits per heavy atom. The number of urea groups is 1. The zero-order chi connectivity index (χ0) is 20.1. The summed E-state index contributed by atoms with van der Waals surface area (Å²) in [5.41, 5.74) is 0.993. The summed E-state index contributed by atoms with van der Waals surface area (Å²) in [5.74, 6) is 0.460. The Hall–Kier alpha value is -2.90. The first-order chi connectivity index (χ1) is 13.3. The molecule has 1 spiro atoms. The van der Waals surface area contributed by atoms with Crippen LogP contribution in [0.1, 0.15) is 42.9 Å². The van der Waals surface area contributed by atoms with E-state index >= 15 is 0 Å². The van der Waals surface area contributed by atoms with Crippen molar-refractivity contribution in [2.24, 2.45) is 5.92 Å². The molecule has 148 valence electrons. The Morgan fingerprint density at radius 3 is 2.68 bits per heavy atom. The van der Waals surface area contributed by atoms with Crippen LogP contribution >= 0.6 is 0 Å². The molecule has 3 heterocycles. The van der Waals surface area contributed by atoms with Crippen molar-refractivity contribution in [1.82, 2.24) is 20.1 Å². The molecule has 2 aliphatic heterocycles. The topological polar surface area (TPSA) is 95.8 Å². The smallest absolute Gasteiger partial charge is 0.325 e. The van der Waals surface area contributed by atoms with Crippen molar-refractivity contribution in [3.63, 3.8) is 0 Å². The molecule has 28 heavy (non-hydrogen) atoms. The number of amides is 4. The fourth-order valence-electron chi connectivity index (χ4n) is 4.15. The first kappa shape index (κ1) is 18.5. The molecule has 2 aliphatic rings. The number of benzene rings is 1. The van der Waals surface area contributed by atoms with Gasteiger partial charge in [-0.3, -0.25) is 14.9 Å². The number of rotatable bonds is 3. The van der Waals surface area contributed by atoms with Gasteiger partial charge in [-0.15, -0.1) is 0 Å². The summed E-state index contributed by atoms with van der Waals surface area (Å²) >= 11 is 0. The van der Waals surface area contributed by atoms with E-state index in [1.165, 1.54) is 0 Å². The minimum atomic E-state index is -0.843. The van der Waals surface area contributed by atoms with Crippen LogP contribution in [0.4, 0.5) is 4.79 Å². The maximum absolute atomic E-state index is 12.9. The van der Waals surface area contributed by atoms with E-state index in [0.717, 1.165) is 5.52 Å². The van der Waals surface area contributed by atoms with Crippen LogP contribution in [-0.4, -0.2) is 57.8 Å². The van der Waals surface area contributed by atoms with Crippen molar-refractivity contribution in [3.05, 3.63) is 29.7 Å². The molecule has 2 saturated heterocycles. The van der Waals surface area contributed by atoms with Crippen molar-refractivity contribution >= 4 is 28.9 Å². The number of nitrogens with one attached hydrogen (secondary N) is 1. The highest BCUT2D eigenvalue weighted by Crippen LogP contribution is 2.34. The number of oxazole rings is 1. The molecule has 0 bridgehead atoms. The standard InChI is InChI=1S/C20H24N4O4/c1-12(2)11-24-19(27)22-18(26)20(24)6-8-23(9-7-20)17(25)14-4-5-15-16(10-14)28-13(3)21-15/h4-5,10,12H,6-9,11H2,1-3H3,(H,22,26,27). The number of nitrogens with zero attached hydrogens (tertiary/aromatic N) is 3. The van der Waals surface area contributed by atoms with E-state index in [4.69, 9.17) is 4.42 Å². The molecule has 2 fully saturated rings. The fraction of sp³-hybridized carbons (Fsp3) is 0.500. The number of fused-ring (bicyclic) bond motifs is 1. The SMILES string of the molecule is Cc1nc2ccc(C(=O)N3CCC4(CC3)C(=O)NC(=O)N4CC(C)C)cc2o1. The maximum Gasteiger partial charge on any atom is 0.325 e. The lowest BCUT2D eigenvalue weighted by Gasteiger charge is -2.42. The number of carbonyl (C=O) groups excluding carboxylic acids is 3. The minimum Gasteiger partial charge on any atom is -0.441 e. The van der Waals surface area contributed by atoms with E-state index in [1.54, 1.807) is 34.9 Å². The van der Waals surface area contributed by atoms with E-state index in [0.29, 0.717) is 49.5 Å². The van der Waals surface area contributed by atoms with Crippen LogP contribution in [-0.2, 0) is 4.79 Å². The average molecular weight is 384 g/mol. The van der Waals surface area contributed by atoms with Crippen LogP contribution in [0.25, 0.3) is 11.1 Å². The maximum atomic E-state index is 12.9. The third-order valence-electron chi connectivity index (χ3n) is 5.57. The van der Waals surface area contributed by atoms with Gasteiger partial charge in [-0.2, -0.15) is 0 Å². The third kappa shape index (κ3) is 2.93. The summed E-state index contributed by atoms with van der Waals surface area (Å²) in [7, 11) is 0. The van der Waals surface area contributed by atoms with Gasteiger partial charge in [-0.25, -0.2) is 9.78 Å². The highest BCUT2D eigenvalue weighted by Gasteiger charge is 2.54. The molecule has 0 radical (unpaired) electrons. The molecule has 1 N–H and O–H groups in total. The zero-order valence-corrected chi connectivity index (χ0v) is 16.3. The van der Waals surface area contributed by atoms with Crippen LogP contribution in [0.15, 0.2) is 22.6 Å². The number of aryl methyl sites for hydroxylation is 1. The fourth-order valence-corrected chi connectivity index (χ4v) is 4.15. The summed E-state index contributed by atoms with van der Waals surface area (Å²) < 4.78 is 5.52. The van der Waals surface area contributed by atoms with Crippen molar-refractivity contribution in [2.75, 3.05) is 19.6 Å². The van der Waals surface area contributed by atoms with E-state index in [2.05, 4.69) is 10.3 Å². The molecule has 2 aromatic rings. The molecule has 0 saturated carbocycles. The summed E-state index contributed by atoms with van der Waals surface area (Å²) in [6, 6.07) is 4.90. The number of aromatic nitrogens is 1. The molecule has 8 heteroatoms. The van der Waals surface area contributed by atoms with Crippen LogP contribution in [0.3, 0.4) is 0 Å². The Bertz CT molecular complexity index is 956. The second-order valence-corrected chi connectivity index (χ2v) is 8.00. The Kier molecular flexibility index (Phi) is 4.36. The Morgan fingerprint density at radius 2 is 2.00 bits per heavy atom. The van der Waals surface area contributed by atoms with Gasteiger partial charge in [-0.1, -0.05) is 13.8 Å². The van der Waals surface area contributed by atoms with Crippen molar-refractivity contribution in [2.45, 2.75) is 39.2 Å². The number of imide groups is 1. The van der Waals surface area contributed by atoms with Gasteiger partial charge in [0.2, 0.25) is 0 Å². The number of hydrogen-bond donors (Lipinski definition) is 1. The van der Waals surface area contributed by atoms with Gasteiger partial charge in [0.1, 0.15) is 11.1 Å². The zero-order valence-electron chi connectivity index (χ0n) is 16.3. The largest absolute Gasteiger partial charge is 0.441 e. The average Bonchev–Trinajstić information content (AvgIpc) is 3.13. The quantitative estimate of drug-likeness (QED) is 0.820. The molecular formula is C20H24N4O4. The molecule has 4 amide bonds. The molecule has 1 aromatic heterocycles. The molecule has 8 nitrogen and oxygen atoms in total. The first-order valence-electron chi connectivity index (χ1n) is 9.60. The Labute approximate surface area is 162 Å². The highest BCUT2D eigenvalue weighted by atomic mass is 16.3. The monoisotopic (exact) mass is 384 g/mol. The molecule has 0 aliphatic carbocycles. The lowest BCUT2D eigenvalue weighted by atomic mass is 9.85. The lowest BCUT2D eigenvalue weighted by molar-refractivity contribution is -0.129. The molecule has 4 rings (SSSR count). The van der Waals surface area contributed by atoms with Gasteiger partial charge in [-0.05, 0) is 37.0 Å². The second-order valence-electron chi connectivity index (χ2n) is 8.00. The van der Waals surface area contributed by atoms with E-state index < -0.39 is 5.54 Å². The van der Waals surface area contributed by atoms with Gasteiger partial charge in [0.05, 0.1) is 0 Å². The van der Waals surface area contributed by atoms with Crippen LogP contribution < -0.4 is 5.32 Å². The van der Waals surface area contributed by atoms with E-state index in [-0.39, 0.29) is 23.8 Å². The molecule has 0 unspecified atom stereocenters. The van der Waals surface area contributed by atoms with Crippen molar-refractivity contribution < 1.29 is 18.8 Å². The molecule has 0 atom stereocenters. The third-order valence-corrected chi connectivity index (χ3v) is 5.57. The van der Waals surface area contributed by atoms with Gasteiger partial charge < -0.3 is 14.2 Å². The lowest BCUT2D eigenvalue weighted by Crippen LogP contribution is -2.58. The van der Waals surface area contributed by atoms with E-state index in [1.807, 2.05) is 13.8 Å². The Balaban J connectivity index is 1.51. The van der Waals surface area contributed by atoms with Crippen molar-refractivity contribution in [3.8, 4) is 0 Å². The first-order valence-corrected chi connectivity index (χ1v) is 9.60. The normalized spacial score (nSPS) is 19.1. The van der Waals surface area contributed by atoms with Crippen molar-refractivity contribution in [1.29, 1.82) is 0 Å². The van der Waals surface area contributed by atoms with Crippen LogP contribution in [0, 0.1) is 12.8 Å². The van der Waals surface area contributed by atoms with E-state index in [9.17, 15) is 14.4 Å². The summed E-state index contributed by atoms with van der Waals surface area (Å²) in [6.07, 6.45) is 0.874. The van der Waals surface area contributed by atoms with Gasteiger partial charge in [0, 0.05) is 32.1 Å². The van der Waals surface area contributed by atoms with Gasteiger partial charge >= 0.3 is 6.03 Å². The summed E-state index contributed by atoms with van der Waals surface area (Å²) in [4.78, 5) is 45.4. The van der Waals surface area contributed by atoms with Crippen LogP contribution in [0.5, 0.6) is 0 Å². The summed E-state index contributed by atoms with van der Waals surface area (Å²) in [5, 5.41) is 2.46. The minimum absolute atomic E-state index is 0.106. The predicted octanol–water partition coefficient (Wildman–Crippen LogP) is 2.32. The number of carbonyl (C=O) groups is 3. The highest BCUT2D eigenvalue weighted by molar-refractivity contribution is 6.07. The van der Waals surface area contributed by atoms with Gasteiger partial charge in [0.25, 0.3) is 11.8 Å².